The lowest BCUT2D eigenvalue weighted by atomic mass is 9.91. The molecule has 1 atom stereocenters. The number of hydrogen-bond acceptors (Lipinski definition) is 7. The Hall–Kier alpha value is -2.81. The molecule has 1 aliphatic heterocycles. The number of amides is 2. The van der Waals surface area contributed by atoms with Crippen molar-refractivity contribution in [3.8, 4) is 11.5 Å². The van der Waals surface area contributed by atoms with Crippen LogP contribution in [-0.4, -0.2) is 30.4 Å². The Labute approximate surface area is 159 Å². The average Bonchev–Trinajstić information content (AvgIpc) is 3.26. The molecule has 1 aromatic heterocycles. The average molecular weight is 389 g/mol. The Kier molecular flexibility index (Phi) is 4.85. The molecule has 0 saturated carbocycles. The van der Waals surface area contributed by atoms with Gasteiger partial charge in [0.25, 0.3) is 0 Å². The minimum Gasteiger partial charge on any atom is -0.466 e. The zero-order valence-corrected chi connectivity index (χ0v) is 15.6. The Morgan fingerprint density at radius 3 is 3.00 bits per heavy atom. The highest BCUT2D eigenvalue weighted by Crippen LogP contribution is 2.35. The number of fused-ring (bicyclic) bond motifs is 2. The summed E-state index contributed by atoms with van der Waals surface area (Å²) in [6.07, 6.45) is 2.04. The van der Waals surface area contributed by atoms with Gasteiger partial charge >= 0.3 is 12.0 Å². The third kappa shape index (κ3) is 3.82. The van der Waals surface area contributed by atoms with Gasteiger partial charge in [-0.15, -0.1) is 11.3 Å². The highest BCUT2D eigenvalue weighted by atomic mass is 32.1. The second-order valence-electron chi connectivity index (χ2n) is 6.23. The van der Waals surface area contributed by atoms with Gasteiger partial charge in [0, 0.05) is 16.6 Å². The maximum Gasteiger partial charge on any atom is 0.325 e. The lowest BCUT2D eigenvalue weighted by molar-refractivity contribution is -0.148. The van der Waals surface area contributed by atoms with Gasteiger partial charge in [0.05, 0.1) is 18.2 Å². The normalized spacial score (nSPS) is 17.1. The highest BCUT2D eigenvalue weighted by Gasteiger charge is 2.28. The van der Waals surface area contributed by atoms with E-state index in [4.69, 9.17) is 14.2 Å². The first-order chi connectivity index (χ1) is 13.1. The number of urea groups is 1. The number of aromatic nitrogens is 1. The Bertz CT molecular complexity index is 882. The van der Waals surface area contributed by atoms with Gasteiger partial charge in [-0.1, -0.05) is 0 Å². The molecule has 2 amide bonds. The number of rotatable bonds is 4. The topological polar surface area (TPSA) is 98.8 Å². The summed E-state index contributed by atoms with van der Waals surface area (Å²) in [6.45, 7) is 2.37. The van der Waals surface area contributed by atoms with Crippen molar-refractivity contribution in [2.75, 3.05) is 24.0 Å². The van der Waals surface area contributed by atoms with Crippen LogP contribution in [0, 0.1) is 5.92 Å². The SMILES string of the molecule is CCOC(=O)C1CCc2nc(NC(=O)Nc3ccc4c(c3)OCO4)sc2C1. The van der Waals surface area contributed by atoms with Gasteiger partial charge in [0.15, 0.2) is 16.6 Å². The van der Waals surface area contributed by atoms with Crippen LogP contribution in [0.2, 0.25) is 0 Å². The summed E-state index contributed by atoms with van der Waals surface area (Å²) in [7, 11) is 0. The van der Waals surface area contributed by atoms with Crippen LogP contribution in [0.25, 0.3) is 0 Å². The van der Waals surface area contributed by atoms with Crippen molar-refractivity contribution in [3.05, 3.63) is 28.8 Å². The van der Waals surface area contributed by atoms with Crippen molar-refractivity contribution >= 4 is 34.2 Å². The van der Waals surface area contributed by atoms with Gasteiger partial charge in [0.1, 0.15) is 0 Å². The van der Waals surface area contributed by atoms with Crippen LogP contribution in [0.1, 0.15) is 23.9 Å². The summed E-state index contributed by atoms with van der Waals surface area (Å²) in [5.41, 5.74) is 1.54. The fourth-order valence-corrected chi connectivity index (χ4v) is 4.21. The van der Waals surface area contributed by atoms with Crippen molar-refractivity contribution in [1.29, 1.82) is 0 Å². The van der Waals surface area contributed by atoms with E-state index in [1.54, 1.807) is 25.1 Å². The van der Waals surface area contributed by atoms with Crippen LogP contribution in [0.15, 0.2) is 18.2 Å². The lowest BCUT2D eigenvalue weighted by Gasteiger charge is -2.18. The Balaban J connectivity index is 1.38. The van der Waals surface area contributed by atoms with Crippen LogP contribution in [-0.2, 0) is 22.4 Å². The molecule has 4 rings (SSSR count). The lowest BCUT2D eigenvalue weighted by Crippen LogP contribution is -2.24. The molecule has 1 aromatic carbocycles. The fourth-order valence-electron chi connectivity index (χ4n) is 3.12. The molecular formula is C18H19N3O5S. The largest absolute Gasteiger partial charge is 0.466 e. The van der Waals surface area contributed by atoms with E-state index in [1.165, 1.54) is 11.3 Å². The number of anilines is 2. The molecule has 1 aliphatic carbocycles. The molecule has 8 nitrogen and oxygen atoms in total. The summed E-state index contributed by atoms with van der Waals surface area (Å²) in [5, 5.41) is 6.02. The second-order valence-corrected chi connectivity index (χ2v) is 7.31. The van der Waals surface area contributed by atoms with Gasteiger partial charge in [-0.25, -0.2) is 9.78 Å². The molecule has 0 radical (unpaired) electrons. The van der Waals surface area contributed by atoms with E-state index in [-0.39, 0.29) is 24.7 Å². The minimum atomic E-state index is -0.387. The molecule has 2 aromatic rings. The number of esters is 1. The van der Waals surface area contributed by atoms with Crippen LogP contribution in [0.3, 0.4) is 0 Å². The van der Waals surface area contributed by atoms with Gasteiger partial charge in [-0.2, -0.15) is 0 Å². The first-order valence-corrected chi connectivity index (χ1v) is 9.57. The van der Waals surface area contributed by atoms with Crippen LogP contribution in [0.5, 0.6) is 11.5 Å². The molecule has 142 valence electrons. The van der Waals surface area contributed by atoms with Crippen molar-refractivity contribution < 1.29 is 23.8 Å². The van der Waals surface area contributed by atoms with Gasteiger partial charge < -0.3 is 19.5 Å². The van der Waals surface area contributed by atoms with E-state index < -0.39 is 0 Å². The predicted octanol–water partition coefficient (Wildman–Crippen LogP) is 3.18. The number of nitrogens with zero attached hydrogens (tertiary/aromatic N) is 1. The molecule has 0 fully saturated rings. The Morgan fingerprint density at radius 2 is 2.15 bits per heavy atom. The molecule has 0 spiro atoms. The first kappa shape index (κ1) is 17.6. The quantitative estimate of drug-likeness (QED) is 0.780. The number of carbonyl (C=O) groups excluding carboxylic acids is 2. The van der Waals surface area contributed by atoms with E-state index in [9.17, 15) is 9.59 Å². The first-order valence-electron chi connectivity index (χ1n) is 8.75. The molecule has 27 heavy (non-hydrogen) atoms. The summed E-state index contributed by atoms with van der Waals surface area (Å²) < 4.78 is 15.7. The van der Waals surface area contributed by atoms with Crippen molar-refractivity contribution in [2.24, 2.45) is 5.92 Å². The number of thiazole rings is 1. The molecular weight excluding hydrogens is 370 g/mol. The monoisotopic (exact) mass is 389 g/mol. The van der Waals surface area contributed by atoms with E-state index in [1.807, 2.05) is 0 Å². The highest BCUT2D eigenvalue weighted by molar-refractivity contribution is 7.15. The number of hydrogen-bond donors (Lipinski definition) is 2. The van der Waals surface area contributed by atoms with Gasteiger partial charge in [-0.3, -0.25) is 10.1 Å². The molecule has 1 unspecified atom stereocenters. The summed E-state index contributed by atoms with van der Waals surface area (Å²) >= 11 is 1.40. The van der Waals surface area contributed by atoms with E-state index in [2.05, 4.69) is 15.6 Å². The summed E-state index contributed by atoms with van der Waals surface area (Å²) in [4.78, 5) is 29.7. The van der Waals surface area contributed by atoms with E-state index >= 15 is 0 Å². The van der Waals surface area contributed by atoms with Crippen molar-refractivity contribution in [1.82, 2.24) is 4.98 Å². The number of nitrogens with one attached hydrogen (secondary N) is 2. The summed E-state index contributed by atoms with van der Waals surface area (Å²) in [6, 6.07) is 4.81. The Morgan fingerprint density at radius 1 is 1.30 bits per heavy atom. The zero-order valence-electron chi connectivity index (χ0n) is 14.7. The minimum absolute atomic E-state index is 0.131. The van der Waals surface area contributed by atoms with Gasteiger partial charge in [0.2, 0.25) is 6.79 Å². The second kappa shape index (κ2) is 7.43. The third-order valence-corrected chi connectivity index (χ3v) is 5.45. The maximum absolute atomic E-state index is 12.3. The fraction of sp³-hybridized carbons (Fsp3) is 0.389. The smallest absolute Gasteiger partial charge is 0.325 e. The van der Waals surface area contributed by atoms with Crippen LogP contribution >= 0.6 is 11.3 Å². The standard InChI is InChI=1S/C18H19N3O5S/c1-2-24-16(22)10-3-5-12-15(7-10)27-18(20-12)21-17(23)19-11-4-6-13-14(8-11)26-9-25-13/h4,6,8,10H,2-3,5,7,9H2,1H3,(H2,19,20,21,23). The predicted molar refractivity (Wildman–Crippen MR) is 99.5 cm³/mol. The molecule has 9 heteroatoms. The third-order valence-electron chi connectivity index (χ3n) is 4.41. The number of ether oxygens (including phenoxy) is 3. The maximum atomic E-state index is 12.3. The number of aryl methyl sites for hydroxylation is 1. The van der Waals surface area contributed by atoms with Crippen molar-refractivity contribution in [3.63, 3.8) is 0 Å². The van der Waals surface area contributed by atoms with E-state index in [0.29, 0.717) is 41.8 Å². The van der Waals surface area contributed by atoms with Crippen molar-refractivity contribution in [2.45, 2.75) is 26.2 Å². The molecule has 2 aliphatic rings. The van der Waals surface area contributed by atoms with E-state index in [0.717, 1.165) is 17.0 Å². The van der Waals surface area contributed by atoms with Gasteiger partial charge in [-0.05, 0) is 38.3 Å². The van der Waals surface area contributed by atoms with Crippen LogP contribution < -0.4 is 20.1 Å². The zero-order chi connectivity index (χ0) is 18.8. The number of carbonyl (C=O) groups is 2. The molecule has 2 heterocycles. The van der Waals surface area contributed by atoms with Crippen LogP contribution in [0.4, 0.5) is 15.6 Å². The molecule has 0 saturated heterocycles. The molecule has 2 N–H and O–H groups in total. The summed E-state index contributed by atoms with van der Waals surface area (Å²) in [5.74, 6) is 0.965. The molecule has 0 bridgehead atoms. The number of benzene rings is 1.